The number of hydrogen-bond donors (Lipinski definition) is 4. The van der Waals surface area contributed by atoms with E-state index >= 15 is 0 Å². The van der Waals surface area contributed by atoms with Crippen LogP contribution in [0.15, 0.2) is 89.8 Å². The van der Waals surface area contributed by atoms with Crippen molar-refractivity contribution in [1.29, 1.82) is 0 Å². The van der Waals surface area contributed by atoms with E-state index in [1.54, 1.807) is 0 Å². The van der Waals surface area contributed by atoms with Crippen LogP contribution >= 0.6 is 0 Å². The van der Waals surface area contributed by atoms with Crippen LogP contribution in [0.25, 0.3) is 0 Å². The van der Waals surface area contributed by atoms with E-state index < -0.39 is 34.1 Å². The van der Waals surface area contributed by atoms with Crippen molar-refractivity contribution in [2.24, 2.45) is 0 Å². The molecule has 0 fully saturated rings. The number of nitrogens with one attached hydrogen (secondary N) is 2. The third-order valence-electron chi connectivity index (χ3n) is 7.50. The Kier molecular flexibility index (Phi) is 13.2. The number of rotatable bonds is 16. The first kappa shape index (κ1) is 34.6. The minimum atomic E-state index is -3.85. The van der Waals surface area contributed by atoms with Crippen molar-refractivity contribution in [3.8, 4) is 0 Å². The summed E-state index contributed by atoms with van der Waals surface area (Å²) in [6.07, 6.45) is 1.32. The first-order chi connectivity index (χ1) is 21.1. The standard InChI is InChI=1S/C33H44N4O6S/c1-4-22-37(44(41,42)29-20-18-27(34)19-21-29)28(23-38)17-11-12-24(2)35-32(39)31(36-33(40)43-3)30(25-13-7-5-8-14-25)26-15-9-6-10-16-26/h5-10,13-16,18-21,24,28,30-31,38H,4,11-12,17,22-23,34H2,1-3H3,(H,35,39)(H,36,40)/t24-,28-,31-/m0/s1. The Labute approximate surface area is 260 Å². The smallest absolute Gasteiger partial charge is 0.407 e. The second kappa shape index (κ2) is 16.8. The highest BCUT2D eigenvalue weighted by Crippen LogP contribution is 2.29. The maximum absolute atomic E-state index is 13.7. The number of hydrogen-bond acceptors (Lipinski definition) is 7. The molecule has 11 heteroatoms. The lowest BCUT2D eigenvalue weighted by Gasteiger charge is -2.30. The summed E-state index contributed by atoms with van der Waals surface area (Å²) >= 11 is 0. The van der Waals surface area contributed by atoms with Gasteiger partial charge in [-0.25, -0.2) is 13.2 Å². The number of nitrogens with two attached hydrogens (primary N) is 1. The molecule has 3 aromatic rings. The summed E-state index contributed by atoms with van der Waals surface area (Å²) in [6.45, 7) is 3.66. The molecule has 3 atom stereocenters. The van der Waals surface area contributed by atoms with Crippen LogP contribution in [0.1, 0.15) is 56.6 Å². The maximum Gasteiger partial charge on any atom is 0.407 e. The number of methoxy groups -OCH3 is 1. The largest absolute Gasteiger partial charge is 0.453 e. The first-order valence-corrected chi connectivity index (χ1v) is 16.3. The molecular formula is C33H44N4O6S. The van der Waals surface area contributed by atoms with Crippen molar-refractivity contribution in [3.05, 3.63) is 96.1 Å². The van der Waals surface area contributed by atoms with Crippen LogP contribution in [-0.4, -0.2) is 68.2 Å². The first-order valence-electron chi connectivity index (χ1n) is 14.8. The predicted octanol–water partition coefficient (Wildman–Crippen LogP) is 4.26. The molecule has 0 bridgehead atoms. The summed E-state index contributed by atoms with van der Waals surface area (Å²) in [4.78, 5) is 26.2. The molecule has 44 heavy (non-hydrogen) atoms. The van der Waals surface area contributed by atoms with Gasteiger partial charge in [0.15, 0.2) is 0 Å². The van der Waals surface area contributed by atoms with E-state index in [0.717, 1.165) is 11.1 Å². The molecule has 3 aromatic carbocycles. The Morgan fingerprint density at radius 1 is 0.909 bits per heavy atom. The van der Waals surface area contributed by atoms with Crippen molar-refractivity contribution in [1.82, 2.24) is 14.9 Å². The molecule has 0 unspecified atom stereocenters. The highest BCUT2D eigenvalue weighted by molar-refractivity contribution is 7.89. The van der Waals surface area contributed by atoms with Gasteiger partial charge in [-0.15, -0.1) is 0 Å². The quantitative estimate of drug-likeness (QED) is 0.174. The third-order valence-corrected chi connectivity index (χ3v) is 9.47. The normalized spacial score (nSPS) is 13.7. The summed E-state index contributed by atoms with van der Waals surface area (Å²) in [5.41, 5.74) is 7.91. The molecule has 238 valence electrons. The topological polar surface area (TPSA) is 151 Å². The van der Waals surface area contributed by atoms with E-state index in [-0.39, 0.29) is 30.0 Å². The molecule has 3 rings (SSSR count). The number of carbonyl (C=O) groups is 2. The van der Waals surface area contributed by atoms with E-state index in [9.17, 15) is 23.1 Å². The molecule has 0 aliphatic heterocycles. The number of aliphatic hydroxyl groups excluding tert-OH is 1. The van der Waals surface area contributed by atoms with Crippen molar-refractivity contribution in [2.75, 3.05) is 26.0 Å². The van der Waals surface area contributed by atoms with Crippen LogP contribution < -0.4 is 16.4 Å². The number of sulfonamides is 1. The van der Waals surface area contributed by atoms with Crippen LogP contribution in [0.5, 0.6) is 0 Å². The van der Waals surface area contributed by atoms with E-state index in [1.807, 2.05) is 74.5 Å². The fourth-order valence-electron chi connectivity index (χ4n) is 5.27. The predicted molar refractivity (Wildman–Crippen MR) is 171 cm³/mol. The van der Waals surface area contributed by atoms with Crippen molar-refractivity contribution >= 4 is 27.7 Å². The van der Waals surface area contributed by atoms with Crippen LogP contribution in [0.2, 0.25) is 0 Å². The number of anilines is 1. The van der Waals surface area contributed by atoms with Gasteiger partial charge in [-0.2, -0.15) is 4.31 Å². The van der Waals surface area contributed by atoms with Gasteiger partial charge in [0, 0.05) is 30.2 Å². The van der Waals surface area contributed by atoms with Gasteiger partial charge >= 0.3 is 6.09 Å². The molecule has 0 radical (unpaired) electrons. The Balaban J connectivity index is 1.73. The second-order valence-electron chi connectivity index (χ2n) is 10.8. The van der Waals surface area contributed by atoms with Crippen molar-refractivity contribution < 1.29 is 27.9 Å². The lowest BCUT2D eigenvalue weighted by Crippen LogP contribution is -2.52. The fraction of sp³-hybridized carbons (Fsp3) is 0.394. The fourth-order valence-corrected chi connectivity index (χ4v) is 7.01. The lowest BCUT2D eigenvalue weighted by atomic mass is 9.84. The van der Waals surface area contributed by atoms with Gasteiger partial charge in [0.05, 0.1) is 18.6 Å². The van der Waals surface area contributed by atoms with Gasteiger partial charge in [-0.1, -0.05) is 67.6 Å². The van der Waals surface area contributed by atoms with Gasteiger partial charge in [0.1, 0.15) is 6.04 Å². The monoisotopic (exact) mass is 624 g/mol. The maximum atomic E-state index is 13.7. The number of alkyl carbamates (subject to hydrolysis) is 1. The van der Waals surface area contributed by atoms with Crippen LogP contribution in [0, 0.1) is 0 Å². The molecule has 5 N–H and O–H groups in total. The van der Waals surface area contributed by atoms with Crippen LogP contribution in [0.4, 0.5) is 10.5 Å². The van der Waals surface area contributed by atoms with E-state index in [4.69, 9.17) is 10.5 Å². The number of nitrogen functional groups attached to an aromatic ring is 1. The van der Waals surface area contributed by atoms with Crippen molar-refractivity contribution in [3.63, 3.8) is 0 Å². The zero-order valence-corrected chi connectivity index (χ0v) is 26.4. The minimum absolute atomic E-state index is 0.120. The van der Waals surface area contributed by atoms with Crippen LogP contribution in [0.3, 0.4) is 0 Å². The summed E-state index contributed by atoms with van der Waals surface area (Å²) in [7, 11) is -2.60. The molecular weight excluding hydrogens is 580 g/mol. The molecule has 0 aromatic heterocycles. The van der Waals surface area contributed by atoms with Crippen molar-refractivity contribution in [2.45, 2.75) is 68.5 Å². The Morgan fingerprint density at radius 3 is 1.98 bits per heavy atom. The Morgan fingerprint density at radius 2 is 1.48 bits per heavy atom. The van der Waals surface area contributed by atoms with Gasteiger partial charge in [-0.3, -0.25) is 4.79 Å². The average Bonchev–Trinajstić information content (AvgIpc) is 3.03. The molecule has 0 spiro atoms. The number of benzene rings is 3. The van der Waals surface area contributed by atoms with E-state index in [2.05, 4.69) is 10.6 Å². The van der Waals surface area contributed by atoms with E-state index in [0.29, 0.717) is 31.4 Å². The number of nitrogens with zero attached hydrogens (tertiary/aromatic N) is 1. The average molecular weight is 625 g/mol. The zero-order chi connectivity index (χ0) is 32.1. The SMILES string of the molecule is CCCN([C@H](CO)CCC[C@H](C)NC(=O)[C@@H](NC(=O)OC)C(c1ccccc1)c1ccccc1)S(=O)(=O)c1ccc(N)cc1. The molecule has 2 amide bonds. The molecule has 0 saturated carbocycles. The Hall–Kier alpha value is -3.93. The third kappa shape index (κ3) is 9.28. The number of carbonyl (C=O) groups excluding carboxylic acids is 2. The van der Waals surface area contributed by atoms with Gasteiger partial charge in [0.25, 0.3) is 0 Å². The minimum Gasteiger partial charge on any atom is -0.453 e. The highest BCUT2D eigenvalue weighted by Gasteiger charge is 2.34. The zero-order valence-electron chi connectivity index (χ0n) is 25.6. The summed E-state index contributed by atoms with van der Waals surface area (Å²) in [6, 6.07) is 23.1. The summed E-state index contributed by atoms with van der Waals surface area (Å²) < 4.78 is 33.1. The molecule has 0 aliphatic rings. The number of ether oxygens (including phenoxy) is 1. The number of aliphatic hydroxyl groups is 1. The second-order valence-corrected chi connectivity index (χ2v) is 12.7. The summed E-state index contributed by atoms with van der Waals surface area (Å²) in [5.74, 6) is -0.860. The molecule has 10 nitrogen and oxygen atoms in total. The lowest BCUT2D eigenvalue weighted by molar-refractivity contribution is -0.124. The van der Waals surface area contributed by atoms with Crippen LogP contribution in [-0.2, 0) is 19.6 Å². The number of amides is 2. The van der Waals surface area contributed by atoms with Gasteiger partial charge < -0.3 is 26.2 Å². The highest BCUT2D eigenvalue weighted by atomic mass is 32.2. The van der Waals surface area contributed by atoms with Gasteiger partial charge in [-0.05, 0) is 68.0 Å². The molecule has 0 heterocycles. The Bertz CT molecular complexity index is 1380. The summed E-state index contributed by atoms with van der Waals surface area (Å²) in [5, 5.41) is 15.9. The molecule has 0 saturated heterocycles. The molecule has 0 aliphatic carbocycles. The van der Waals surface area contributed by atoms with Gasteiger partial charge in [0.2, 0.25) is 15.9 Å². The van der Waals surface area contributed by atoms with E-state index in [1.165, 1.54) is 35.7 Å².